The molecule has 0 amide bonds. The Bertz CT molecular complexity index is 789. The molecule has 20 heavy (non-hydrogen) atoms. The van der Waals surface area contributed by atoms with E-state index in [1.54, 1.807) is 23.0 Å². The van der Waals surface area contributed by atoms with Crippen LogP contribution in [0.15, 0.2) is 4.79 Å². The molecule has 0 spiro atoms. The van der Waals surface area contributed by atoms with Crippen LogP contribution in [-0.4, -0.2) is 9.55 Å². The van der Waals surface area contributed by atoms with E-state index >= 15 is 0 Å². The molecule has 1 aliphatic carbocycles. The zero-order chi connectivity index (χ0) is 14.7. The number of fused-ring (bicyclic) bond motifs is 3. The number of thiophene rings is 1. The van der Waals surface area contributed by atoms with Gasteiger partial charge in [-0.25, -0.2) is 0 Å². The molecule has 1 atom stereocenters. The summed E-state index contributed by atoms with van der Waals surface area (Å²) in [4.78, 5) is 18.0. The normalized spacial score (nSPS) is 19.3. The van der Waals surface area contributed by atoms with E-state index in [4.69, 9.17) is 12.2 Å². The van der Waals surface area contributed by atoms with E-state index in [9.17, 15) is 4.79 Å². The van der Waals surface area contributed by atoms with Crippen LogP contribution in [-0.2, 0) is 19.9 Å². The van der Waals surface area contributed by atoms with E-state index in [1.165, 1.54) is 16.9 Å². The second-order valence-corrected chi connectivity index (χ2v) is 8.30. The Hall–Kier alpha value is -0.940. The number of rotatable bonds is 0. The molecule has 1 N–H and O–H groups in total. The molecule has 0 saturated heterocycles. The van der Waals surface area contributed by atoms with Crippen molar-refractivity contribution in [1.82, 2.24) is 9.55 Å². The van der Waals surface area contributed by atoms with Crippen molar-refractivity contribution in [2.75, 3.05) is 0 Å². The molecule has 0 unspecified atom stereocenters. The Morgan fingerprint density at radius 2 is 2.10 bits per heavy atom. The first-order chi connectivity index (χ1) is 9.29. The van der Waals surface area contributed by atoms with Crippen LogP contribution < -0.4 is 5.56 Å². The molecule has 5 heteroatoms. The van der Waals surface area contributed by atoms with Crippen molar-refractivity contribution in [2.24, 2.45) is 18.4 Å². The van der Waals surface area contributed by atoms with Gasteiger partial charge >= 0.3 is 0 Å². The molecule has 3 nitrogen and oxygen atoms in total. The molecule has 108 valence electrons. The van der Waals surface area contributed by atoms with Crippen LogP contribution in [0.4, 0.5) is 0 Å². The second-order valence-electron chi connectivity index (χ2n) is 6.81. The largest absolute Gasteiger partial charge is 0.323 e. The minimum absolute atomic E-state index is 0.0514. The lowest BCUT2D eigenvalue weighted by Gasteiger charge is -2.33. The van der Waals surface area contributed by atoms with Crippen LogP contribution in [0.2, 0.25) is 0 Å². The number of hydrogen-bond acceptors (Lipinski definition) is 3. The number of nitrogens with zero attached hydrogens (tertiary/aromatic N) is 1. The highest BCUT2D eigenvalue weighted by molar-refractivity contribution is 7.71. The lowest BCUT2D eigenvalue weighted by molar-refractivity contribution is 0.218. The second kappa shape index (κ2) is 4.53. The van der Waals surface area contributed by atoms with Gasteiger partial charge in [0, 0.05) is 11.9 Å². The molecule has 0 aromatic carbocycles. The lowest BCUT2D eigenvalue weighted by Crippen LogP contribution is -2.26. The molecule has 0 bridgehead atoms. The maximum Gasteiger partial charge on any atom is 0.263 e. The number of nitrogens with one attached hydrogen (secondary N) is 1. The standard InChI is InChI=1S/C15H20N2OS2/c1-15(2,3)8-5-6-9-10(7-8)20-12-11(9)13(18)17(4)14(19)16-12/h8H,5-7H2,1-4H3,(H,16,19)/t8-/m0/s1. The van der Waals surface area contributed by atoms with Gasteiger partial charge in [-0.05, 0) is 48.4 Å². The third-order valence-electron chi connectivity index (χ3n) is 4.53. The quantitative estimate of drug-likeness (QED) is 0.752. The zero-order valence-electron chi connectivity index (χ0n) is 12.4. The topological polar surface area (TPSA) is 37.8 Å². The lowest BCUT2D eigenvalue weighted by atomic mass is 9.72. The van der Waals surface area contributed by atoms with Crippen molar-refractivity contribution in [3.05, 3.63) is 25.6 Å². The maximum absolute atomic E-state index is 12.4. The van der Waals surface area contributed by atoms with Crippen LogP contribution in [0, 0.1) is 16.1 Å². The monoisotopic (exact) mass is 308 g/mol. The first kappa shape index (κ1) is 14.0. The molecule has 2 heterocycles. The Balaban J connectivity index is 2.20. The van der Waals surface area contributed by atoms with Gasteiger partial charge in [0.2, 0.25) is 0 Å². The van der Waals surface area contributed by atoms with E-state index in [2.05, 4.69) is 25.8 Å². The van der Waals surface area contributed by atoms with Crippen molar-refractivity contribution >= 4 is 33.8 Å². The van der Waals surface area contributed by atoms with Crippen LogP contribution in [0.3, 0.4) is 0 Å². The van der Waals surface area contributed by atoms with Crippen molar-refractivity contribution < 1.29 is 0 Å². The van der Waals surface area contributed by atoms with Gasteiger partial charge in [-0.15, -0.1) is 11.3 Å². The minimum Gasteiger partial charge on any atom is -0.323 e. The molecule has 0 saturated carbocycles. The fourth-order valence-corrected chi connectivity index (χ4v) is 4.65. The van der Waals surface area contributed by atoms with Gasteiger partial charge in [-0.1, -0.05) is 20.8 Å². The number of aryl methyl sites for hydroxylation is 1. The maximum atomic E-state index is 12.4. The van der Waals surface area contributed by atoms with Gasteiger partial charge in [0.15, 0.2) is 4.77 Å². The van der Waals surface area contributed by atoms with Crippen molar-refractivity contribution in [2.45, 2.75) is 40.0 Å². The van der Waals surface area contributed by atoms with Crippen LogP contribution in [0.1, 0.15) is 37.6 Å². The van der Waals surface area contributed by atoms with E-state index in [0.717, 1.165) is 23.1 Å². The number of hydrogen-bond donors (Lipinski definition) is 1. The summed E-state index contributed by atoms with van der Waals surface area (Å²) in [6.07, 6.45) is 3.26. The molecule has 0 fully saturated rings. The molecule has 2 aromatic heterocycles. The average Bonchev–Trinajstić information content (AvgIpc) is 2.71. The van der Waals surface area contributed by atoms with Crippen molar-refractivity contribution in [3.8, 4) is 0 Å². The first-order valence-electron chi connectivity index (χ1n) is 7.02. The van der Waals surface area contributed by atoms with E-state index in [0.29, 0.717) is 16.1 Å². The molecule has 0 radical (unpaired) electrons. The molecular formula is C15H20N2OS2. The number of H-pyrrole nitrogens is 1. The molecule has 2 aromatic rings. The number of aromatic nitrogens is 2. The Morgan fingerprint density at radius 3 is 2.75 bits per heavy atom. The van der Waals surface area contributed by atoms with Gasteiger partial charge in [0.05, 0.1) is 5.39 Å². The van der Waals surface area contributed by atoms with E-state index in [-0.39, 0.29) is 5.56 Å². The average molecular weight is 308 g/mol. The van der Waals surface area contributed by atoms with Gasteiger partial charge in [-0.3, -0.25) is 9.36 Å². The van der Waals surface area contributed by atoms with E-state index < -0.39 is 0 Å². The van der Waals surface area contributed by atoms with Gasteiger partial charge < -0.3 is 4.98 Å². The van der Waals surface area contributed by atoms with Gasteiger partial charge in [0.1, 0.15) is 4.83 Å². The first-order valence-corrected chi connectivity index (χ1v) is 8.25. The van der Waals surface area contributed by atoms with Crippen molar-refractivity contribution in [3.63, 3.8) is 0 Å². The predicted octanol–water partition coefficient (Wildman–Crippen LogP) is 3.81. The summed E-state index contributed by atoms with van der Waals surface area (Å²) in [6.45, 7) is 6.92. The van der Waals surface area contributed by atoms with Gasteiger partial charge in [-0.2, -0.15) is 0 Å². The van der Waals surface area contributed by atoms with Crippen LogP contribution in [0.25, 0.3) is 10.2 Å². The SMILES string of the molecule is Cn1c(=S)[nH]c2sc3c(c2c1=O)CC[C@H](C(C)(C)C)C3. The summed E-state index contributed by atoms with van der Waals surface area (Å²) in [7, 11) is 1.74. The third-order valence-corrected chi connectivity index (χ3v) is 6.08. The summed E-state index contributed by atoms with van der Waals surface area (Å²) in [5, 5.41) is 0.869. The fraction of sp³-hybridized carbons (Fsp3) is 0.600. The summed E-state index contributed by atoms with van der Waals surface area (Å²) >= 11 is 6.93. The Morgan fingerprint density at radius 1 is 1.40 bits per heavy atom. The highest BCUT2D eigenvalue weighted by atomic mass is 32.1. The molecular weight excluding hydrogens is 288 g/mol. The predicted molar refractivity (Wildman–Crippen MR) is 87.2 cm³/mol. The summed E-state index contributed by atoms with van der Waals surface area (Å²) in [6, 6.07) is 0. The summed E-state index contributed by atoms with van der Waals surface area (Å²) < 4.78 is 2.05. The molecule has 3 rings (SSSR count). The zero-order valence-corrected chi connectivity index (χ0v) is 14.0. The number of aromatic amines is 1. The Labute approximate surface area is 127 Å². The van der Waals surface area contributed by atoms with Crippen LogP contribution >= 0.6 is 23.6 Å². The fourth-order valence-electron chi connectivity index (χ4n) is 3.08. The highest BCUT2D eigenvalue weighted by Crippen LogP contribution is 2.41. The highest BCUT2D eigenvalue weighted by Gasteiger charge is 2.31. The minimum atomic E-state index is 0.0514. The summed E-state index contributed by atoms with van der Waals surface area (Å²) in [5.74, 6) is 0.690. The molecule has 1 aliphatic rings. The smallest absolute Gasteiger partial charge is 0.263 e. The summed E-state index contributed by atoms with van der Waals surface area (Å²) in [5.41, 5.74) is 1.64. The van der Waals surface area contributed by atoms with E-state index in [1.807, 2.05) is 0 Å². The third kappa shape index (κ3) is 2.07. The van der Waals surface area contributed by atoms with Crippen LogP contribution in [0.5, 0.6) is 0 Å². The van der Waals surface area contributed by atoms with Crippen molar-refractivity contribution in [1.29, 1.82) is 0 Å². The van der Waals surface area contributed by atoms with Gasteiger partial charge in [0.25, 0.3) is 5.56 Å². The Kier molecular flexibility index (Phi) is 3.18. The molecule has 0 aliphatic heterocycles.